The van der Waals surface area contributed by atoms with Crippen molar-refractivity contribution in [3.63, 3.8) is 0 Å². The molecule has 1 aromatic carbocycles. The molecule has 0 spiro atoms. The summed E-state index contributed by atoms with van der Waals surface area (Å²) in [6, 6.07) is 8.75. The van der Waals surface area contributed by atoms with Crippen LogP contribution in [-0.4, -0.2) is 47.4 Å². The third kappa shape index (κ3) is 4.57. The van der Waals surface area contributed by atoms with Gasteiger partial charge in [0.05, 0.1) is 17.5 Å². The molecule has 0 aliphatic heterocycles. The lowest BCUT2D eigenvalue weighted by molar-refractivity contribution is 0.420. The van der Waals surface area contributed by atoms with Crippen LogP contribution in [0, 0.1) is 6.92 Å². The number of aromatic nitrogens is 3. The van der Waals surface area contributed by atoms with E-state index in [0.29, 0.717) is 0 Å². The Morgan fingerprint density at radius 1 is 1.12 bits per heavy atom. The number of nitrogens with zero attached hydrogens (tertiary/aromatic N) is 3. The number of aryl methyl sites for hydroxylation is 1. The van der Waals surface area contributed by atoms with E-state index in [9.17, 15) is 0 Å². The number of methoxy groups -OCH3 is 1. The van der Waals surface area contributed by atoms with Gasteiger partial charge in [-0.2, -0.15) is 5.10 Å². The first-order chi connectivity index (χ1) is 15.3. The molecule has 0 saturated carbocycles. The first-order valence-electron chi connectivity index (χ1n) is 10.9. The van der Waals surface area contributed by atoms with Gasteiger partial charge in [-0.25, -0.2) is 9.50 Å². The molecule has 0 aliphatic rings. The van der Waals surface area contributed by atoms with Crippen molar-refractivity contribution in [2.75, 3.05) is 32.6 Å². The van der Waals surface area contributed by atoms with Gasteiger partial charge in [-0.1, -0.05) is 6.07 Å². The van der Waals surface area contributed by atoms with Crippen molar-refractivity contribution in [1.29, 1.82) is 0 Å². The Morgan fingerprint density at radius 2 is 1.94 bits per heavy atom. The number of thiophene rings is 1. The summed E-state index contributed by atoms with van der Waals surface area (Å²) >= 11 is 1.74. The molecule has 8 heteroatoms. The molecule has 32 heavy (non-hydrogen) atoms. The standard InChI is InChI=1S/C24H32N6OS/c1-15-9-16-11-20(32-22(16)19(10-15)31-6)18-12-17(13-26-7-8-28-24(2,3)4)30-21(18)23(25-5)27-14-29-30/h9-12,14,26,28H,7-8,13H2,1-6H3,(H,25,27,29). The van der Waals surface area contributed by atoms with Crippen molar-refractivity contribution in [1.82, 2.24) is 25.2 Å². The maximum Gasteiger partial charge on any atom is 0.154 e. The fourth-order valence-corrected chi connectivity index (χ4v) is 5.05. The van der Waals surface area contributed by atoms with Crippen molar-refractivity contribution < 1.29 is 4.74 Å². The fraction of sp³-hybridized carbons (Fsp3) is 0.417. The van der Waals surface area contributed by atoms with E-state index in [-0.39, 0.29) is 5.54 Å². The molecular weight excluding hydrogens is 420 g/mol. The third-order valence-corrected chi connectivity index (χ3v) is 6.54. The zero-order valence-corrected chi connectivity index (χ0v) is 20.5. The summed E-state index contributed by atoms with van der Waals surface area (Å²) < 4.78 is 8.79. The normalized spacial score (nSPS) is 12.1. The van der Waals surface area contributed by atoms with E-state index in [1.54, 1.807) is 24.8 Å². The Kier molecular flexibility index (Phi) is 6.37. The number of anilines is 1. The highest BCUT2D eigenvalue weighted by Crippen LogP contribution is 2.42. The van der Waals surface area contributed by atoms with E-state index < -0.39 is 0 Å². The van der Waals surface area contributed by atoms with Crippen LogP contribution in [0.5, 0.6) is 5.75 Å². The van der Waals surface area contributed by atoms with Crippen molar-refractivity contribution >= 4 is 32.8 Å². The van der Waals surface area contributed by atoms with Gasteiger partial charge in [-0.3, -0.25) is 0 Å². The molecule has 0 amide bonds. The van der Waals surface area contributed by atoms with Crippen LogP contribution in [0.25, 0.3) is 26.0 Å². The van der Waals surface area contributed by atoms with Crippen LogP contribution in [0.15, 0.2) is 30.6 Å². The minimum atomic E-state index is 0.117. The van der Waals surface area contributed by atoms with Gasteiger partial charge in [0.25, 0.3) is 0 Å². The number of nitrogens with one attached hydrogen (secondary N) is 3. The topological polar surface area (TPSA) is 75.5 Å². The van der Waals surface area contributed by atoms with E-state index in [1.807, 2.05) is 11.6 Å². The number of hydrogen-bond donors (Lipinski definition) is 3. The molecule has 7 nitrogen and oxygen atoms in total. The molecule has 3 N–H and O–H groups in total. The fourth-order valence-electron chi connectivity index (χ4n) is 3.90. The van der Waals surface area contributed by atoms with E-state index in [2.05, 4.69) is 78.0 Å². The maximum absolute atomic E-state index is 5.65. The first kappa shape index (κ1) is 22.5. The lowest BCUT2D eigenvalue weighted by Gasteiger charge is -2.20. The monoisotopic (exact) mass is 452 g/mol. The molecule has 0 unspecified atom stereocenters. The Bertz CT molecular complexity index is 1240. The van der Waals surface area contributed by atoms with Crippen LogP contribution >= 0.6 is 11.3 Å². The molecule has 0 fully saturated rings. The van der Waals surface area contributed by atoms with Gasteiger partial charge in [0.2, 0.25) is 0 Å². The molecule has 3 aromatic heterocycles. The third-order valence-electron chi connectivity index (χ3n) is 5.34. The number of benzene rings is 1. The summed E-state index contributed by atoms with van der Waals surface area (Å²) in [6.45, 7) is 11.1. The summed E-state index contributed by atoms with van der Waals surface area (Å²) in [5, 5.41) is 16.0. The SMILES string of the molecule is CNc1ncnn2c(CNCCNC(C)(C)C)cc(-c3cc4cc(C)cc(OC)c4s3)c12. The van der Waals surface area contributed by atoms with Crippen LogP contribution < -0.4 is 20.7 Å². The predicted molar refractivity (Wildman–Crippen MR) is 134 cm³/mol. The second-order valence-electron chi connectivity index (χ2n) is 9.02. The van der Waals surface area contributed by atoms with Gasteiger partial charge >= 0.3 is 0 Å². The van der Waals surface area contributed by atoms with Gasteiger partial charge in [-0.05, 0) is 56.8 Å². The maximum atomic E-state index is 5.65. The van der Waals surface area contributed by atoms with Crippen molar-refractivity contribution in [2.24, 2.45) is 0 Å². The molecule has 170 valence electrons. The molecule has 0 atom stereocenters. The lowest BCUT2D eigenvalue weighted by atomic mass is 10.1. The number of fused-ring (bicyclic) bond motifs is 2. The summed E-state index contributed by atoms with van der Waals surface area (Å²) in [4.78, 5) is 5.64. The molecule has 0 saturated heterocycles. The summed E-state index contributed by atoms with van der Waals surface area (Å²) in [5.41, 5.74) is 4.52. The molecule has 0 aliphatic carbocycles. The highest BCUT2D eigenvalue weighted by Gasteiger charge is 2.19. The Morgan fingerprint density at radius 3 is 2.66 bits per heavy atom. The van der Waals surface area contributed by atoms with Crippen LogP contribution in [0.3, 0.4) is 0 Å². The second kappa shape index (κ2) is 9.05. The van der Waals surface area contributed by atoms with Crippen molar-refractivity contribution in [3.8, 4) is 16.2 Å². The predicted octanol–water partition coefficient (Wildman–Crippen LogP) is 4.45. The summed E-state index contributed by atoms with van der Waals surface area (Å²) in [7, 11) is 3.62. The smallest absolute Gasteiger partial charge is 0.154 e. The van der Waals surface area contributed by atoms with Gasteiger partial charge in [0.1, 0.15) is 17.6 Å². The lowest BCUT2D eigenvalue weighted by Crippen LogP contribution is -2.40. The molecular formula is C24H32N6OS. The zero-order valence-electron chi connectivity index (χ0n) is 19.7. The van der Waals surface area contributed by atoms with Gasteiger partial charge in [0, 0.05) is 42.7 Å². The second-order valence-corrected chi connectivity index (χ2v) is 10.1. The van der Waals surface area contributed by atoms with Crippen LogP contribution in [-0.2, 0) is 6.54 Å². The van der Waals surface area contributed by atoms with Crippen molar-refractivity contribution in [2.45, 2.75) is 39.8 Å². The van der Waals surface area contributed by atoms with Crippen LogP contribution in [0.4, 0.5) is 5.82 Å². The molecule has 3 heterocycles. The van der Waals surface area contributed by atoms with Gasteiger partial charge < -0.3 is 20.7 Å². The highest BCUT2D eigenvalue weighted by atomic mass is 32.1. The average molecular weight is 453 g/mol. The largest absolute Gasteiger partial charge is 0.495 e. The Hall–Kier alpha value is -2.68. The summed E-state index contributed by atoms with van der Waals surface area (Å²) in [6.07, 6.45) is 1.60. The van der Waals surface area contributed by atoms with Gasteiger partial charge in [0.15, 0.2) is 5.82 Å². The summed E-state index contributed by atoms with van der Waals surface area (Å²) in [5.74, 6) is 1.73. The highest BCUT2D eigenvalue weighted by molar-refractivity contribution is 7.22. The minimum Gasteiger partial charge on any atom is -0.495 e. The van der Waals surface area contributed by atoms with Crippen LogP contribution in [0.1, 0.15) is 32.0 Å². The van der Waals surface area contributed by atoms with Crippen LogP contribution in [0.2, 0.25) is 0 Å². The molecule has 4 rings (SSSR count). The van der Waals surface area contributed by atoms with E-state index in [1.165, 1.54) is 15.8 Å². The molecule has 0 bridgehead atoms. The average Bonchev–Trinajstić information content (AvgIpc) is 3.33. The van der Waals surface area contributed by atoms with E-state index >= 15 is 0 Å². The van der Waals surface area contributed by atoms with E-state index in [4.69, 9.17) is 4.74 Å². The minimum absolute atomic E-state index is 0.117. The van der Waals surface area contributed by atoms with Gasteiger partial charge in [-0.15, -0.1) is 11.3 Å². The van der Waals surface area contributed by atoms with E-state index in [0.717, 1.165) is 52.7 Å². The number of rotatable bonds is 8. The first-order valence-corrected chi connectivity index (χ1v) is 11.7. The Labute approximate surface area is 193 Å². The number of ether oxygens (including phenoxy) is 1. The quantitative estimate of drug-likeness (QED) is 0.343. The van der Waals surface area contributed by atoms with Crippen molar-refractivity contribution in [3.05, 3.63) is 41.9 Å². The Balaban J connectivity index is 1.71. The molecule has 0 radical (unpaired) electrons. The zero-order chi connectivity index (χ0) is 22.9. The molecule has 4 aromatic rings. The number of hydrogen-bond acceptors (Lipinski definition) is 7.